The van der Waals surface area contributed by atoms with E-state index in [9.17, 15) is 51.5 Å². The number of unbranched alkanes of at least 4 members (excludes halogenated alkanes) is 2. The van der Waals surface area contributed by atoms with Gasteiger partial charge in [-0.3, -0.25) is 19.4 Å². The van der Waals surface area contributed by atoms with Gasteiger partial charge in [-0.05, 0) is 148 Å². The summed E-state index contributed by atoms with van der Waals surface area (Å²) in [5.74, 6) is 0.566. The van der Waals surface area contributed by atoms with E-state index in [1.54, 1.807) is 48.5 Å². The number of sulfone groups is 1. The van der Waals surface area contributed by atoms with Crippen LogP contribution in [0.3, 0.4) is 0 Å². The molecule has 0 aromatic heterocycles. The second-order valence-electron chi connectivity index (χ2n) is 27.0. The molecule has 4 saturated heterocycles. The molecule has 96 heavy (non-hydrogen) atoms. The number of quaternary nitrogens is 2. The number of carboxylic acids is 1. The lowest BCUT2D eigenvalue weighted by Crippen LogP contribution is -2.54. The Morgan fingerprint density at radius 3 is 1.99 bits per heavy atom. The Labute approximate surface area is 573 Å². The van der Waals surface area contributed by atoms with Crippen LogP contribution in [0.25, 0.3) is 0 Å². The first-order valence-corrected chi connectivity index (χ1v) is 37.7. The first-order valence-electron chi connectivity index (χ1n) is 33.8. The van der Waals surface area contributed by atoms with Crippen molar-refractivity contribution in [2.45, 2.75) is 137 Å². The molecule has 526 valence electrons. The number of carboxylic acid groups (broad SMARTS) is 1. The first-order chi connectivity index (χ1) is 46.0. The fraction of sp³-hybridized carbons (Fsp3) is 0.588. The van der Waals surface area contributed by atoms with Crippen LogP contribution < -0.4 is 34.9 Å². The number of aromatic carboxylic acids is 1. The van der Waals surface area contributed by atoms with Crippen LogP contribution in [-0.2, 0) is 51.8 Å². The predicted octanol–water partition coefficient (Wildman–Crippen LogP) is 7.54. The average molecular weight is 1410 g/mol. The van der Waals surface area contributed by atoms with Crippen LogP contribution in [0.15, 0.2) is 82.6 Å². The van der Waals surface area contributed by atoms with Gasteiger partial charge in [0.2, 0.25) is 10.0 Å². The largest absolute Gasteiger partial charge is 0.484 e. The van der Waals surface area contributed by atoms with Crippen LogP contribution in [-0.4, -0.2) is 217 Å². The highest BCUT2D eigenvalue weighted by Crippen LogP contribution is 2.46. The SMILES string of the molecule is C[C@H]1CCCN([C@H]2Cc3c(OC=O)cc(Cl)cc3C2Oc2ccc(S(=O)(=O)C[C@H]3CC[N+](O)(CCOCCNC(=O)NCCCCCC(=O)CCCOCC[N+]4(O)CC[C@H](NS(=O)(=O)c5ccc(OC6c7cc(Cl)cc(C(=O)O)c7C[C@@H]6N6CCN[C@H](C)C6)cc5)C4)C3)cc2)C1. The monoisotopic (exact) mass is 1410 g/mol. The number of amides is 2. The number of ether oxygens (including phenoxy) is 5. The highest BCUT2D eigenvalue weighted by atomic mass is 35.5. The summed E-state index contributed by atoms with van der Waals surface area (Å²) in [6.07, 6.45) is 6.78. The minimum absolute atomic E-state index is 0.0298. The van der Waals surface area contributed by atoms with Crippen LogP contribution in [0.4, 0.5) is 4.79 Å². The molecule has 0 radical (unpaired) electrons. The van der Waals surface area contributed by atoms with Gasteiger partial charge in [0.1, 0.15) is 74.5 Å². The molecule has 0 saturated carbocycles. The Bertz CT molecular complexity index is 3580. The summed E-state index contributed by atoms with van der Waals surface area (Å²) in [6, 6.07) is 18.5. The van der Waals surface area contributed by atoms with Crippen molar-refractivity contribution >= 4 is 67.3 Å². The van der Waals surface area contributed by atoms with E-state index in [0.29, 0.717) is 135 Å². The van der Waals surface area contributed by atoms with Gasteiger partial charge in [-0.25, -0.2) is 41.6 Å². The Balaban J connectivity index is 0.541. The smallest absolute Gasteiger partial charge is 0.336 e. The number of urea groups is 1. The van der Waals surface area contributed by atoms with E-state index in [-0.39, 0.29) is 119 Å². The number of Topliss-reactive ketones (excluding diaryl/α,β-unsaturated/α-hetero) is 1. The van der Waals surface area contributed by atoms with Crippen molar-refractivity contribution < 1.29 is 84.5 Å². The van der Waals surface area contributed by atoms with Gasteiger partial charge in [-0.1, -0.05) is 36.5 Å². The Morgan fingerprint density at radius 1 is 0.698 bits per heavy atom. The van der Waals surface area contributed by atoms with Gasteiger partial charge in [0.15, 0.2) is 9.84 Å². The number of halogens is 2. The maximum absolute atomic E-state index is 13.7. The lowest BCUT2D eigenvalue weighted by atomic mass is 9.97. The molecule has 24 nitrogen and oxygen atoms in total. The summed E-state index contributed by atoms with van der Waals surface area (Å²) < 4.78 is 86.6. The van der Waals surface area contributed by atoms with Crippen molar-refractivity contribution in [3.63, 3.8) is 0 Å². The minimum atomic E-state index is -3.96. The highest BCUT2D eigenvalue weighted by molar-refractivity contribution is 7.91. The number of fused-ring (bicyclic) bond motifs is 2. The van der Waals surface area contributed by atoms with E-state index in [1.165, 1.54) is 18.2 Å². The quantitative estimate of drug-likeness (QED) is 0.0135. The number of hydroxylamine groups is 6. The maximum Gasteiger partial charge on any atom is 0.336 e. The van der Waals surface area contributed by atoms with E-state index in [1.807, 2.05) is 6.07 Å². The summed E-state index contributed by atoms with van der Waals surface area (Å²) in [7, 11) is -7.65. The second-order valence-corrected chi connectivity index (χ2v) is 31.6. The van der Waals surface area contributed by atoms with Crippen molar-refractivity contribution in [2.75, 3.05) is 117 Å². The zero-order valence-corrected chi connectivity index (χ0v) is 58.0. The van der Waals surface area contributed by atoms with E-state index >= 15 is 0 Å². The van der Waals surface area contributed by atoms with Gasteiger partial charge in [-0.15, -0.1) is 0 Å². The third-order valence-electron chi connectivity index (χ3n) is 19.7. The van der Waals surface area contributed by atoms with Gasteiger partial charge in [0.05, 0.1) is 59.1 Å². The third kappa shape index (κ3) is 19.5. The normalized spacial score (nSPS) is 26.1. The number of piperazine rings is 1. The zero-order chi connectivity index (χ0) is 68.2. The van der Waals surface area contributed by atoms with Crippen LogP contribution in [0.5, 0.6) is 17.2 Å². The average Bonchev–Trinajstić information content (AvgIpc) is 1.62. The number of likely N-dealkylation sites (tertiary alicyclic amines) is 3. The summed E-state index contributed by atoms with van der Waals surface area (Å²) in [4.78, 5) is 53.5. The summed E-state index contributed by atoms with van der Waals surface area (Å²) in [6.45, 7) is 12.3. The number of ketones is 1. The highest BCUT2D eigenvalue weighted by Gasteiger charge is 2.45. The number of carbonyl (C=O) groups is 4. The lowest BCUT2D eigenvalue weighted by Gasteiger charge is -2.38. The Morgan fingerprint density at radius 2 is 1.31 bits per heavy atom. The Hall–Kier alpha value is -5.56. The van der Waals surface area contributed by atoms with Crippen molar-refractivity contribution in [1.29, 1.82) is 0 Å². The van der Waals surface area contributed by atoms with E-state index in [0.717, 1.165) is 63.1 Å². The molecule has 0 spiro atoms. The predicted molar refractivity (Wildman–Crippen MR) is 358 cm³/mol. The number of sulfonamides is 1. The molecular formula is C68H94Cl2N8O16S2+2. The summed E-state index contributed by atoms with van der Waals surface area (Å²) in [5, 5.41) is 42.3. The molecule has 28 heteroatoms. The van der Waals surface area contributed by atoms with Crippen LogP contribution in [0, 0.1) is 11.8 Å². The molecule has 4 heterocycles. The van der Waals surface area contributed by atoms with Crippen LogP contribution >= 0.6 is 23.2 Å². The molecule has 4 unspecified atom stereocenters. The maximum atomic E-state index is 13.7. The molecule has 4 aromatic carbocycles. The van der Waals surface area contributed by atoms with Crippen molar-refractivity contribution in [3.05, 3.63) is 111 Å². The number of hydrogen-bond acceptors (Lipinski definition) is 18. The topological polar surface area (TPSA) is 298 Å². The molecule has 4 fully saturated rings. The standard InChI is InChI=1S/C68H92Cl2N8O16S2/c1-46-8-6-24-75(40-46)63-39-58-60(35-50(70)37-64(58)92-45-79)66(63)94-53-11-15-55(16-12-53)95(86,87)44-48-19-26-77(84,42-48)28-33-91-31-23-73-68(83)72-21-5-3-4-9-52(80)10-7-30-90-32-29-78(85)27-20-51(43-78)74-96(88,89)56-17-13-54(14-18-56)93-65-59-34-49(69)36-61(67(81)82)57(59)38-62(65)76-25-22-71-47(2)41-76/h11-18,34-37,45-48,51,62-63,65-66,71,74,84-85H,3-10,19-33,38-44H2,1-2H3,(H-2,72,73,81,82,83)/p+2/t46-,47+,48-,51-,62-,63-,65?,66?,77?,78?/m0/s1. The second kappa shape index (κ2) is 33.1. The number of piperidine rings is 1. The molecular weight excluding hydrogens is 1320 g/mol. The minimum Gasteiger partial charge on any atom is -0.484 e. The number of nitrogens with zero attached hydrogens (tertiary/aromatic N) is 4. The number of nitrogens with one attached hydrogen (secondary N) is 4. The molecule has 0 bridgehead atoms. The first kappa shape index (κ1) is 73.2. The molecule has 10 rings (SSSR count). The summed E-state index contributed by atoms with van der Waals surface area (Å²) >= 11 is 12.9. The molecule has 4 aliphatic heterocycles. The van der Waals surface area contributed by atoms with Crippen LogP contribution in [0.2, 0.25) is 10.0 Å². The lowest BCUT2D eigenvalue weighted by molar-refractivity contribution is -1.09. The molecule has 6 aliphatic rings. The third-order valence-corrected chi connectivity index (χ3v) is 23.5. The molecule has 2 aliphatic carbocycles. The zero-order valence-electron chi connectivity index (χ0n) is 54.8. The molecule has 2 amide bonds. The summed E-state index contributed by atoms with van der Waals surface area (Å²) in [5.41, 5.74) is 3.25. The molecule has 7 N–H and O–H groups in total. The number of rotatable bonds is 34. The van der Waals surface area contributed by atoms with Gasteiger partial charge < -0.3 is 44.7 Å². The van der Waals surface area contributed by atoms with E-state index < -0.39 is 44.1 Å². The van der Waals surface area contributed by atoms with Crippen molar-refractivity contribution in [2.24, 2.45) is 11.8 Å². The van der Waals surface area contributed by atoms with E-state index in [2.05, 4.69) is 44.3 Å². The fourth-order valence-electron chi connectivity index (χ4n) is 14.8. The van der Waals surface area contributed by atoms with Gasteiger partial charge in [-0.2, -0.15) is 9.29 Å². The number of benzene rings is 4. The van der Waals surface area contributed by atoms with Gasteiger partial charge >= 0.3 is 12.0 Å². The number of hydrogen-bond donors (Lipinski definition) is 7. The van der Waals surface area contributed by atoms with Crippen molar-refractivity contribution in [1.82, 2.24) is 30.5 Å². The van der Waals surface area contributed by atoms with Gasteiger partial charge in [0, 0.05) is 105 Å². The number of carbonyl (C=O) groups excluding carboxylic acids is 3. The fourth-order valence-corrected chi connectivity index (χ4v) is 18.1. The van der Waals surface area contributed by atoms with Crippen molar-refractivity contribution in [3.8, 4) is 17.2 Å². The van der Waals surface area contributed by atoms with Crippen LogP contribution in [0.1, 0.15) is 123 Å². The molecule has 4 aromatic rings. The Kier molecular flexibility index (Phi) is 25.2. The molecule has 10 atom stereocenters. The van der Waals surface area contributed by atoms with E-state index in [4.69, 9.17) is 46.9 Å². The van der Waals surface area contributed by atoms with Gasteiger partial charge in [0.25, 0.3) is 6.47 Å².